The third kappa shape index (κ3) is 4.71. The van der Waals surface area contributed by atoms with Crippen molar-refractivity contribution in [3.05, 3.63) is 64.4 Å². The number of benzene rings is 2. The Kier molecular flexibility index (Phi) is 6.95. The number of methoxy groups -OCH3 is 2. The van der Waals surface area contributed by atoms with Crippen molar-refractivity contribution >= 4 is 34.3 Å². The van der Waals surface area contributed by atoms with Crippen LogP contribution in [0.1, 0.15) is 12.5 Å². The van der Waals surface area contributed by atoms with Crippen LogP contribution in [0.2, 0.25) is 0 Å². The average Bonchev–Trinajstić information content (AvgIpc) is 3.25. The second-order valence-corrected chi connectivity index (χ2v) is 8.49. The fourth-order valence-corrected chi connectivity index (χ4v) is 4.46. The zero-order valence-corrected chi connectivity index (χ0v) is 19.5. The van der Waals surface area contributed by atoms with Crippen molar-refractivity contribution in [3.8, 4) is 5.75 Å². The minimum Gasteiger partial charge on any atom is -0.496 e. The van der Waals surface area contributed by atoms with Crippen molar-refractivity contribution in [3.63, 3.8) is 0 Å². The first-order valence-corrected chi connectivity index (χ1v) is 11.4. The second kappa shape index (κ2) is 10.1. The number of hydrogen-bond donors (Lipinski definition) is 1. The number of thioether (sulfide) groups is 1. The summed E-state index contributed by atoms with van der Waals surface area (Å²) in [5.74, 6) is 1.12. The van der Waals surface area contributed by atoms with E-state index >= 15 is 0 Å². The van der Waals surface area contributed by atoms with Crippen molar-refractivity contribution in [2.24, 2.45) is 0 Å². The van der Waals surface area contributed by atoms with E-state index in [1.807, 2.05) is 53.8 Å². The quantitative estimate of drug-likeness (QED) is 0.377. The van der Waals surface area contributed by atoms with Gasteiger partial charge in [-0.25, -0.2) is 0 Å². The first-order valence-electron chi connectivity index (χ1n) is 10.4. The summed E-state index contributed by atoms with van der Waals surface area (Å²) in [5, 5.41) is 12.6. The van der Waals surface area contributed by atoms with E-state index in [0.29, 0.717) is 34.2 Å². The van der Waals surface area contributed by atoms with Gasteiger partial charge in [0.1, 0.15) is 5.75 Å². The molecule has 9 nitrogen and oxygen atoms in total. The molecule has 0 saturated carbocycles. The zero-order chi connectivity index (χ0) is 23.4. The van der Waals surface area contributed by atoms with Gasteiger partial charge in [-0.1, -0.05) is 42.1 Å². The van der Waals surface area contributed by atoms with E-state index in [2.05, 4.69) is 15.5 Å². The number of nitrogens with one attached hydrogen (secondary N) is 1. The van der Waals surface area contributed by atoms with Gasteiger partial charge in [-0.3, -0.25) is 18.6 Å². The summed E-state index contributed by atoms with van der Waals surface area (Å²) in [7, 11) is 3.19. The van der Waals surface area contributed by atoms with Gasteiger partial charge in [-0.15, -0.1) is 10.2 Å². The number of rotatable bonds is 9. The van der Waals surface area contributed by atoms with Crippen LogP contribution in [0.25, 0.3) is 16.7 Å². The monoisotopic (exact) mass is 467 g/mol. The van der Waals surface area contributed by atoms with Crippen LogP contribution >= 0.6 is 11.8 Å². The number of para-hydroxylation sites is 2. The number of nitrogens with zero attached hydrogens (tertiary/aromatic N) is 4. The number of amides is 1. The van der Waals surface area contributed by atoms with Gasteiger partial charge in [0.05, 0.1) is 36.9 Å². The summed E-state index contributed by atoms with van der Waals surface area (Å²) in [5.41, 5.74) is 1.37. The highest BCUT2D eigenvalue weighted by atomic mass is 32.2. The number of hydrogen-bond acceptors (Lipinski definition) is 7. The van der Waals surface area contributed by atoms with Crippen LogP contribution in [0.3, 0.4) is 0 Å². The van der Waals surface area contributed by atoms with E-state index in [9.17, 15) is 9.59 Å². The first kappa shape index (κ1) is 22.8. The van der Waals surface area contributed by atoms with Gasteiger partial charge in [0.25, 0.3) is 5.56 Å². The molecule has 0 spiro atoms. The summed E-state index contributed by atoms with van der Waals surface area (Å²) in [4.78, 5) is 25.7. The van der Waals surface area contributed by atoms with Crippen molar-refractivity contribution < 1.29 is 14.3 Å². The van der Waals surface area contributed by atoms with Gasteiger partial charge in [0.15, 0.2) is 5.16 Å². The lowest BCUT2D eigenvalue weighted by Gasteiger charge is -2.14. The fourth-order valence-electron chi connectivity index (χ4n) is 3.71. The molecule has 1 amide bonds. The summed E-state index contributed by atoms with van der Waals surface area (Å²) >= 11 is 1.26. The lowest BCUT2D eigenvalue weighted by atomic mass is 10.2. The zero-order valence-electron chi connectivity index (χ0n) is 18.6. The molecule has 2 heterocycles. The molecule has 0 aliphatic rings. The number of ether oxygens (including phenoxy) is 2. The molecule has 1 unspecified atom stereocenters. The minimum atomic E-state index is -0.168. The normalized spacial score (nSPS) is 12.2. The predicted molar refractivity (Wildman–Crippen MR) is 127 cm³/mol. The molecular weight excluding hydrogens is 442 g/mol. The largest absolute Gasteiger partial charge is 0.496 e. The molecule has 0 bridgehead atoms. The highest BCUT2D eigenvalue weighted by Crippen LogP contribution is 2.23. The molecule has 4 rings (SSSR count). The molecule has 0 fully saturated rings. The van der Waals surface area contributed by atoms with E-state index in [1.165, 1.54) is 11.8 Å². The molecule has 10 heteroatoms. The number of carbonyl (C=O) groups is 1. The Morgan fingerprint density at radius 1 is 1.12 bits per heavy atom. The van der Waals surface area contributed by atoms with Crippen LogP contribution in [-0.2, 0) is 16.1 Å². The molecule has 0 aliphatic heterocycles. The minimum absolute atomic E-state index is 0.0925. The molecule has 0 saturated heterocycles. The number of carbonyl (C=O) groups excluding carboxylic acids is 1. The van der Waals surface area contributed by atoms with Crippen LogP contribution < -0.4 is 15.6 Å². The Hall–Kier alpha value is -3.37. The summed E-state index contributed by atoms with van der Waals surface area (Å²) in [6.45, 7) is 2.59. The molecule has 2 aromatic heterocycles. The lowest BCUT2D eigenvalue weighted by Crippen LogP contribution is -2.36. The maximum Gasteiger partial charge on any atom is 0.263 e. The van der Waals surface area contributed by atoms with E-state index in [-0.39, 0.29) is 29.8 Å². The smallest absolute Gasteiger partial charge is 0.263 e. The number of fused-ring (bicyclic) bond motifs is 3. The van der Waals surface area contributed by atoms with E-state index < -0.39 is 0 Å². The molecule has 33 heavy (non-hydrogen) atoms. The summed E-state index contributed by atoms with van der Waals surface area (Å²) < 4.78 is 13.9. The van der Waals surface area contributed by atoms with Crippen molar-refractivity contribution in [1.29, 1.82) is 0 Å². The van der Waals surface area contributed by atoms with Crippen LogP contribution in [0.15, 0.2) is 58.5 Å². The Balaban J connectivity index is 1.74. The van der Waals surface area contributed by atoms with Crippen LogP contribution in [0, 0.1) is 0 Å². The third-order valence-electron chi connectivity index (χ3n) is 5.16. The standard InChI is InChI=1S/C23H25N5O4S/c1-15(13-31-2)24-20(29)14-33-23-26-25-22-27(12-16-8-4-7-11-19(16)32-3)21(30)17-9-5-6-10-18(17)28(22)23/h4-11,15H,12-14H2,1-3H3,(H,24,29). The van der Waals surface area contributed by atoms with E-state index in [4.69, 9.17) is 9.47 Å². The van der Waals surface area contributed by atoms with Gasteiger partial charge in [0.2, 0.25) is 11.7 Å². The molecular formula is C23H25N5O4S. The molecule has 1 atom stereocenters. The van der Waals surface area contributed by atoms with E-state index in [1.54, 1.807) is 24.9 Å². The SMILES string of the molecule is COCC(C)NC(=O)CSc1nnc2n(Cc3ccccc3OC)c(=O)c3ccccc3n12. The van der Waals surface area contributed by atoms with Crippen molar-refractivity contribution in [2.45, 2.75) is 24.7 Å². The van der Waals surface area contributed by atoms with Gasteiger partial charge >= 0.3 is 0 Å². The topological polar surface area (TPSA) is 99.8 Å². The van der Waals surface area contributed by atoms with Gasteiger partial charge in [-0.2, -0.15) is 0 Å². The van der Waals surface area contributed by atoms with Gasteiger partial charge in [0, 0.05) is 18.7 Å². The summed E-state index contributed by atoms with van der Waals surface area (Å²) in [6, 6.07) is 14.8. The first-order chi connectivity index (χ1) is 16.0. The average molecular weight is 468 g/mol. The lowest BCUT2D eigenvalue weighted by molar-refractivity contribution is -0.119. The van der Waals surface area contributed by atoms with Gasteiger partial charge in [-0.05, 0) is 25.1 Å². The third-order valence-corrected chi connectivity index (χ3v) is 6.08. The highest BCUT2D eigenvalue weighted by Gasteiger charge is 2.19. The predicted octanol–water partition coefficient (Wildman–Crippen LogP) is 2.34. The maximum absolute atomic E-state index is 13.4. The van der Waals surface area contributed by atoms with Crippen molar-refractivity contribution in [1.82, 2.24) is 24.5 Å². The molecule has 4 aromatic rings. The van der Waals surface area contributed by atoms with Crippen LogP contribution in [0.4, 0.5) is 0 Å². The summed E-state index contributed by atoms with van der Waals surface area (Å²) in [6.07, 6.45) is 0. The Labute approximate surface area is 194 Å². The number of aromatic nitrogens is 4. The Bertz CT molecular complexity index is 1350. The molecule has 0 aliphatic carbocycles. The second-order valence-electron chi connectivity index (χ2n) is 7.55. The van der Waals surface area contributed by atoms with Crippen molar-refractivity contribution in [2.75, 3.05) is 26.6 Å². The molecule has 172 valence electrons. The Morgan fingerprint density at radius 3 is 2.67 bits per heavy atom. The van der Waals surface area contributed by atoms with Crippen LogP contribution in [0.5, 0.6) is 5.75 Å². The highest BCUT2D eigenvalue weighted by molar-refractivity contribution is 7.99. The molecule has 2 aromatic carbocycles. The molecule has 1 N–H and O–H groups in total. The van der Waals surface area contributed by atoms with Crippen LogP contribution in [-0.4, -0.2) is 57.7 Å². The Morgan fingerprint density at radius 2 is 1.88 bits per heavy atom. The van der Waals surface area contributed by atoms with E-state index in [0.717, 1.165) is 5.56 Å². The van der Waals surface area contributed by atoms with Gasteiger partial charge < -0.3 is 14.8 Å². The molecule has 0 radical (unpaired) electrons. The maximum atomic E-state index is 13.4. The fraction of sp³-hybridized carbons (Fsp3) is 0.304.